The van der Waals surface area contributed by atoms with Crippen LogP contribution in [0.3, 0.4) is 0 Å². The number of rotatable bonds is 5. The van der Waals surface area contributed by atoms with E-state index in [-0.39, 0.29) is 29.9 Å². The van der Waals surface area contributed by atoms with Crippen LogP contribution >= 0.6 is 0 Å². The van der Waals surface area contributed by atoms with Crippen molar-refractivity contribution in [3.05, 3.63) is 40.9 Å². The van der Waals surface area contributed by atoms with Crippen molar-refractivity contribution >= 4 is 33.8 Å². The molecule has 4 aliphatic rings. The molecular formula is C24H24N2O5. The van der Waals surface area contributed by atoms with E-state index in [4.69, 9.17) is 9.15 Å². The van der Waals surface area contributed by atoms with Crippen LogP contribution in [0, 0.1) is 23.2 Å². The second-order valence-electron chi connectivity index (χ2n) is 9.74. The lowest BCUT2D eigenvalue weighted by molar-refractivity contribution is -0.158. The summed E-state index contributed by atoms with van der Waals surface area (Å²) in [6, 6.07) is 7.28. The van der Waals surface area contributed by atoms with E-state index >= 15 is 0 Å². The summed E-state index contributed by atoms with van der Waals surface area (Å²) in [5.74, 6) is 1.42. The summed E-state index contributed by atoms with van der Waals surface area (Å²) in [7, 11) is 0. The van der Waals surface area contributed by atoms with Gasteiger partial charge in [0.15, 0.2) is 12.4 Å². The van der Waals surface area contributed by atoms with E-state index in [0.29, 0.717) is 28.9 Å². The zero-order chi connectivity index (χ0) is 21.2. The van der Waals surface area contributed by atoms with Gasteiger partial charge in [-0.2, -0.15) is 0 Å². The minimum atomic E-state index is -0.613. The molecule has 7 rings (SSSR count). The fourth-order valence-corrected chi connectivity index (χ4v) is 6.66. The molecule has 0 spiro atoms. The monoisotopic (exact) mass is 420 g/mol. The molecule has 7 heteroatoms. The Kier molecular flexibility index (Phi) is 4.10. The van der Waals surface area contributed by atoms with Gasteiger partial charge in [0, 0.05) is 10.8 Å². The molecule has 2 heterocycles. The fourth-order valence-electron chi connectivity index (χ4n) is 6.66. The highest BCUT2D eigenvalue weighted by Gasteiger charge is 2.54. The Morgan fingerprint density at radius 3 is 2.48 bits per heavy atom. The lowest BCUT2D eigenvalue weighted by atomic mass is 9.48. The molecule has 0 radical (unpaired) electrons. The van der Waals surface area contributed by atoms with Crippen molar-refractivity contribution in [1.82, 2.24) is 9.55 Å². The van der Waals surface area contributed by atoms with Crippen LogP contribution in [0.25, 0.3) is 22.1 Å². The summed E-state index contributed by atoms with van der Waals surface area (Å²) in [6.07, 6.45) is 7.94. The van der Waals surface area contributed by atoms with Crippen LogP contribution in [0.15, 0.2) is 39.8 Å². The van der Waals surface area contributed by atoms with Crippen molar-refractivity contribution in [2.75, 3.05) is 6.61 Å². The van der Waals surface area contributed by atoms with Crippen molar-refractivity contribution in [2.24, 2.45) is 23.2 Å². The number of ether oxygens (including phenoxy) is 1. The van der Waals surface area contributed by atoms with Gasteiger partial charge in [-0.25, -0.2) is 4.98 Å². The molecule has 1 aromatic carbocycles. The first kappa shape index (κ1) is 18.8. The summed E-state index contributed by atoms with van der Waals surface area (Å²) in [6.45, 7) is -0.507. The highest BCUT2D eigenvalue weighted by atomic mass is 16.5. The topological polar surface area (TPSA) is 91.4 Å². The number of para-hydroxylation sites is 1. The summed E-state index contributed by atoms with van der Waals surface area (Å²) < 4.78 is 12.1. The van der Waals surface area contributed by atoms with Crippen LogP contribution in [0.2, 0.25) is 0 Å². The second kappa shape index (κ2) is 6.77. The van der Waals surface area contributed by atoms with E-state index in [0.717, 1.165) is 24.6 Å². The number of hydrogen-bond donors (Lipinski definition) is 0. The Balaban J connectivity index is 1.15. The van der Waals surface area contributed by atoms with E-state index in [2.05, 4.69) is 4.98 Å². The van der Waals surface area contributed by atoms with Gasteiger partial charge in [-0.15, -0.1) is 0 Å². The minimum Gasteiger partial charge on any atom is -0.456 e. The SMILES string of the molecule is O=C(Cn1cnc2c(oc3ccccc32)c1=O)OCC(=O)C12CC3CC(CC(C3)C1)C2. The molecule has 0 amide bonds. The quantitative estimate of drug-likeness (QED) is 0.587. The predicted octanol–water partition coefficient (Wildman–Crippen LogP) is 3.47. The van der Waals surface area contributed by atoms with Gasteiger partial charge >= 0.3 is 5.97 Å². The van der Waals surface area contributed by atoms with Crippen LogP contribution in [-0.4, -0.2) is 27.9 Å². The van der Waals surface area contributed by atoms with Gasteiger partial charge in [0.2, 0.25) is 5.58 Å². The van der Waals surface area contributed by atoms with Crippen molar-refractivity contribution in [3.63, 3.8) is 0 Å². The molecular weight excluding hydrogens is 396 g/mol. The molecule has 0 saturated heterocycles. The zero-order valence-corrected chi connectivity index (χ0v) is 17.2. The van der Waals surface area contributed by atoms with Crippen molar-refractivity contribution in [3.8, 4) is 0 Å². The zero-order valence-electron chi connectivity index (χ0n) is 17.2. The maximum Gasteiger partial charge on any atom is 0.326 e. The third-order valence-corrected chi connectivity index (χ3v) is 7.64. The number of aromatic nitrogens is 2. The smallest absolute Gasteiger partial charge is 0.326 e. The third kappa shape index (κ3) is 3.01. The van der Waals surface area contributed by atoms with E-state index in [1.807, 2.05) is 18.2 Å². The summed E-state index contributed by atoms with van der Waals surface area (Å²) in [5, 5.41) is 0.755. The average molecular weight is 420 g/mol. The molecule has 7 nitrogen and oxygen atoms in total. The standard InChI is InChI=1S/C24H24N2O5/c27-19(24-8-14-5-15(9-24)7-16(6-14)10-24)12-30-20(28)11-26-13-25-21-17-3-1-2-4-18(17)31-22(21)23(26)29/h1-4,13-16H,5-12H2. The predicted molar refractivity (Wildman–Crippen MR) is 112 cm³/mol. The Labute approximate surface area is 178 Å². The normalized spacial score (nSPS) is 29.0. The van der Waals surface area contributed by atoms with Crippen LogP contribution < -0.4 is 5.56 Å². The lowest BCUT2D eigenvalue weighted by Crippen LogP contribution is -2.51. The largest absolute Gasteiger partial charge is 0.456 e. The Bertz CT molecular complexity index is 1230. The number of benzene rings is 1. The summed E-state index contributed by atoms with van der Waals surface area (Å²) >= 11 is 0. The molecule has 4 saturated carbocycles. The number of ketones is 1. The number of furan rings is 1. The van der Waals surface area contributed by atoms with Crippen molar-refractivity contribution in [2.45, 2.75) is 45.1 Å². The van der Waals surface area contributed by atoms with Crippen LogP contribution in [-0.2, 0) is 20.9 Å². The maximum absolute atomic E-state index is 13.0. The number of carbonyl (C=O) groups is 2. The maximum atomic E-state index is 13.0. The third-order valence-electron chi connectivity index (χ3n) is 7.64. The average Bonchev–Trinajstić information content (AvgIpc) is 3.12. The Morgan fingerprint density at radius 2 is 1.77 bits per heavy atom. The first-order chi connectivity index (χ1) is 15.0. The highest BCUT2D eigenvalue weighted by molar-refractivity contribution is 6.01. The van der Waals surface area contributed by atoms with Gasteiger partial charge in [-0.05, 0) is 68.4 Å². The number of fused-ring (bicyclic) bond motifs is 3. The molecule has 4 bridgehead atoms. The molecule has 2 aromatic heterocycles. The Hall–Kier alpha value is -2.96. The van der Waals surface area contributed by atoms with Gasteiger partial charge in [0.1, 0.15) is 17.6 Å². The number of nitrogens with zero attached hydrogens (tertiary/aromatic N) is 2. The van der Waals surface area contributed by atoms with E-state index < -0.39 is 11.5 Å². The van der Waals surface area contributed by atoms with Gasteiger partial charge in [0.25, 0.3) is 5.56 Å². The minimum absolute atomic E-state index is 0.0539. The lowest BCUT2D eigenvalue weighted by Gasteiger charge is -2.55. The molecule has 0 N–H and O–H groups in total. The first-order valence-corrected chi connectivity index (χ1v) is 11.1. The Morgan fingerprint density at radius 1 is 1.10 bits per heavy atom. The summed E-state index contributed by atoms with van der Waals surface area (Å²) in [4.78, 5) is 42.5. The van der Waals surface area contributed by atoms with Crippen LogP contribution in [0.5, 0.6) is 0 Å². The number of Topliss-reactive ketones (excluding diaryl/α,β-unsaturated/α-hetero) is 1. The second-order valence-corrected chi connectivity index (χ2v) is 9.74. The number of esters is 1. The molecule has 31 heavy (non-hydrogen) atoms. The van der Waals surface area contributed by atoms with Gasteiger partial charge in [0.05, 0.1) is 6.33 Å². The number of carbonyl (C=O) groups excluding carboxylic acids is 2. The van der Waals surface area contributed by atoms with Crippen LogP contribution in [0.1, 0.15) is 38.5 Å². The molecule has 4 aliphatic carbocycles. The molecule has 0 unspecified atom stereocenters. The van der Waals surface area contributed by atoms with Gasteiger partial charge < -0.3 is 9.15 Å². The molecule has 160 valence electrons. The van der Waals surface area contributed by atoms with E-state index in [1.54, 1.807) is 6.07 Å². The highest BCUT2D eigenvalue weighted by Crippen LogP contribution is 2.60. The number of hydrogen-bond acceptors (Lipinski definition) is 6. The van der Waals surface area contributed by atoms with Crippen molar-refractivity contribution < 1.29 is 18.7 Å². The van der Waals surface area contributed by atoms with Gasteiger partial charge in [-0.1, -0.05) is 12.1 Å². The molecule has 3 aromatic rings. The van der Waals surface area contributed by atoms with Crippen LogP contribution in [0.4, 0.5) is 0 Å². The van der Waals surface area contributed by atoms with Gasteiger partial charge in [-0.3, -0.25) is 19.0 Å². The fraction of sp³-hybridized carbons (Fsp3) is 0.500. The molecule has 0 aliphatic heterocycles. The van der Waals surface area contributed by atoms with E-state index in [1.165, 1.54) is 30.2 Å². The summed E-state index contributed by atoms with van der Waals surface area (Å²) in [5.41, 5.74) is 0.429. The molecule has 4 fully saturated rings. The van der Waals surface area contributed by atoms with E-state index in [9.17, 15) is 14.4 Å². The molecule has 0 atom stereocenters. The van der Waals surface area contributed by atoms with Crippen molar-refractivity contribution in [1.29, 1.82) is 0 Å². The first-order valence-electron chi connectivity index (χ1n) is 11.1.